The molecular formula is C13H18ClNO4S2. The lowest BCUT2D eigenvalue weighted by Crippen LogP contribution is -2.41. The van der Waals surface area contributed by atoms with Gasteiger partial charge in [-0.1, -0.05) is 30.7 Å². The summed E-state index contributed by atoms with van der Waals surface area (Å²) in [5.41, 5.74) is 0. The normalized spacial score (nSPS) is 21.8. The molecule has 0 aromatic heterocycles. The van der Waals surface area contributed by atoms with Crippen LogP contribution in [0.15, 0.2) is 29.2 Å². The summed E-state index contributed by atoms with van der Waals surface area (Å²) < 4.78 is 50.1. The molecule has 1 atom stereocenters. The van der Waals surface area contributed by atoms with E-state index in [1.54, 1.807) is 12.1 Å². The van der Waals surface area contributed by atoms with Crippen LogP contribution in [-0.2, 0) is 19.9 Å². The molecule has 0 radical (unpaired) electrons. The van der Waals surface area contributed by atoms with Crippen LogP contribution in [0.4, 0.5) is 0 Å². The third-order valence-electron chi connectivity index (χ3n) is 3.48. The van der Waals surface area contributed by atoms with Gasteiger partial charge in [-0.15, -0.1) is 0 Å². The first-order valence-corrected chi connectivity index (χ1v) is 10.4. The molecule has 5 nitrogen and oxygen atoms in total. The summed E-state index contributed by atoms with van der Waals surface area (Å²) in [5.74, 6) is -0.0768. The van der Waals surface area contributed by atoms with Crippen LogP contribution in [0.5, 0.6) is 0 Å². The van der Waals surface area contributed by atoms with Gasteiger partial charge in [-0.3, -0.25) is 0 Å². The molecule has 1 unspecified atom stereocenters. The van der Waals surface area contributed by atoms with E-state index < -0.39 is 25.9 Å². The van der Waals surface area contributed by atoms with Crippen LogP contribution < -0.4 is 0 Å². The largest absolute Gasteiger partial charge is 0.244 e. The van der Waals surface area contributed by atoms with Gasteiger partial charge in [-0.05, 0) is 25.0 Å². The van der Waals surface area contributed by atoms with Gasteiger partial charge in [0.05, 0.1) is 16.5 Å². The SMILES string of the molecule is CCCN(C1CCS(=O)(=O)C1)S(=O)(=O)c1ccccc1Cl. The fraction of sp³-hybridized carbons (Fsp3) is 0.538. The minimum Gasteiger partial charge on any atom is -0.229 e. The highest BCUT2D eigenvalue weighted by atomic mass is 35.5. The van der Waals surface area contributed by atoms with Gasteiger partial charge in [-0.2, -0.15) is 4.31 Å². The topological polar surface area (TPSA) is 71.5 Å². The van der Waals surface area contributed by atoms with Gasteiger partial charge < -0.3 is 0 Å². The Balaban J connectivity index is 2.40. The van der Waals surface area contributed by atoms with Crippen molar-refractivity contribution in [1.29, 1.82) is 0 Å². The van der Waals surface area contributed by atoms with Crippen molar-refractivity contribution in [2.24, 2.45) is 0 Å². The third-order valence-corrected chi connectivity index (χ3v) is 7.68. The van der Waals surface area contributed by atoms with E-state index in [1.807, 2.05) is 6.92 Å². The van der Waals surface area contributed by atoms with Crippen molar-refractivity contribution in [1.82, 2.24) is 4.31 Å². The third kappa shape index (κ3) is 3.59. The summed E-state index contributed by atoms with van der Waals surface area (Å²) in [4.78, 5) is 0.0319. The lowest BCUT2D eigenvalue weighted by atomic mass is 10.2. The molecule has 1 heterocycles. The highest BCUT2D eigenvalue weighted by molar-refractivity contribution is 7.92. The van der Waals surface area contributed by atoms with Gasteiger partial charge in [0, 0.05) is 12.6 Å². The van der Waals surface area contributed by atoms with Crippen LogP contribution in [0.3, 0.4) is 0 Å². The van der Waals surface area contributed by atoms with Crippen molar-refractivity contribution in [3.05, 3.63) is 29.3 Å². The zero-order valence-corrected chi connectivity index (χ0v) is 14.1. The Morgan fingerprint density at radius 2 is 2.00 bits per heavy atom. The van der Waals surface area contributed by atoms with Crippen molar-refractivity contribution >= 4 is 31.5 Å². The van der Waals surface area contributed by atoms with Crippen molar-refractivity contribution in [3.63, 3.8) is 0 Å². The molecule has 0 saturated carbocycles. The van der Waals surface area contributed by atoms with Crippen LogP contribution in [0.2, 0.25) is 5.02 Å². The predicted molar refractivity (Wildman–Crippen MR) is 82.7 cm³/mol. The molecule has 118 valence electrons. The molecule has 1 aromatic rings. The Labute approximate surface area is 130 Å². The van der Waals surface area contributed by atoms with E-state index in [0.717, 1.165) is 0 Å². The second kappa shape index (κ2) is 6.24. The average Bonchev–Trinajstić information content (AvgIpc) is 2.76. The van der Waals surface area contributed by atoms with E-state index in [9.17, 15) is 16.8 Å². The van der Waals surface area contributed by atoms with E-state index in [-0.39, 0.29) is 28.0 Å². The van der Waals surface area contributed by atoms with Crippen LogP contribution in [0, 0.1) is 0 Å². The summed E-state index contributed by atoms with van der Waals surface area (Å²) >= 11 is 5.99. The number of hydrogen-bond donors (Lipinski definition) is 0. The lowest BCUT2D eigenvalue weighted by Gasteiger charge is -2.27. The van der Waals surface area contributed by atoms with Crippen LogP contribution >= 0.6 is 11.6 Å². The van der Waals surface area contributed by atoms with Gasteiger partial charge in [0.15, 0.2) is 9.84 Å². The second-order valence-electron chi connectivity index (χ2n) is 5.10. The molecule has 8 heteroatoms. The monoisotopic (exact) mass is 351 g/mol. The summed E-state index contributed by atoms with van der Waals surface area (Å²) in [6.07, 6.45) is 0.951. The fourth-order valence-electron chi connectivity index (χ4n) is 2.50. The molecule has 0 bridgehead atoms. The molecule has 1 saturated heterocycles. The number of halogens is 1. The van der Waals surface area contributed by atoms with Crippen LogP contribution in [0.25, 0.3) is 0 Å². The first kappa shape index (κ1) is 16.7. The Bertz CT molecular complexity index is 715. The number of nitrogens with zero attached hydrogens (tertiary/aromatic N) is 1. The fourth-order valence-corrected chi connectivity index (χ4v) is 6.57. The van der Waals surface area contributed by atoms with Crippen molar-refractivity contribution in [3.8, 4) is 0 Å². The molecular weight excluding hydrogens is 334 g/mol. The van der Waals surface area contributed by atoms with Gasteiger partial charge in [0.25, 0.3) is 0 Å². The zero-order valence-electron chi connectivity index (χ0n) is 11.7. The van der Waals surface area contributed by atoms with Gasteiger partial charge >= 0.3 is 0 Å². The standard InChI is InChI=1S/C13H18ClNO4S2/c1-2-8-15(11-7-9-20(16,17)10-11)21(18,19)13-6-4-3-5-12(13)14/h3-6,11H,2,7-10H2,1H3. The molecule has 1 aromatic carbocycles. The number of benzene rings is 1. The maximum absolute atomic E-state index is 12.8. The van der Waals surface area contributed by atoms with E-state index in [1.165, 1.54) is 16.4 Å². The molecule has 2 rings (SSSR count). The maximum atomic E-state index is 12.8. The number of hydrogen-bond acceptors (Lipinski definition) is 4. The summed E-state index contributed by atoms with van der Waals surface area (Å²) in [6, 6.07) is 5.73. The Hall–Kier alpha value is -0.630. The number of sulfone groups is 1. The first-order chi connectivity index (χ1) is 9.78. The maximum Gasteiger partial charge on any atom is 0.244 e. The van der Waals surface area contributed by atoms with E-state index >= 15 is 0 Å². The first-order valence-electron chi connectivity index (χ1n) is 6.75. The van der Waals surface area contributed by atoms with E-state index in [0.29, 0.717) is 12.8 Å². The van der Waals surface area contributed by atoms with Crippen LogP contribution in [-0.4, -0.2) is 45.2 Å². The van der Waals surface area contributed by atoms with Crippen LogP contribution in [0.1, 0.15) is 19.8 Å². The Kier molecular flexibility index (Phi) is 4.97. The highest BCUT2D eigenvalue weighted by Gasteiger charge is 2.38. The molecule has 1 aliphatic heterocycles. The molecule has 0 N–H and O–H groups in total. The smallest absolute Gasteiger partial charge is 0.229 e. The lowest BCUT2D eigenvalue weighted by molar-refractivity contribution is 0.340. The van der Waals surface area contributed by atoms with Gasteiger partial charge in [0.1, 0.15) is 4.90 Å². The molecule has 0 aliphatic carbocycles. The second-order valence-corrected chi connectivity index (χ2v) is 9.60. The van der Waals surface area contributed by atoms with E-state index in [2.05, 4.69) is 0 Å². The Morgan fingerprint density at radius 3 is 2.52 bits per heavy atom. The Morgan fingerprint density at radius 1 is 1.33 bits per heavy atom. The minimum absolute atomic E-state index is 0.0319. The minimum atomic E-state index is -3.79. The average molecular weight is 352 g/mol. The van der Waals surface area contributed by atoms with Crippen molar-refractivity contribution in [2.45, 2.75) is 30.7 Å². The van der Waals surface area contributed by atoms with Crippen molar-refractivity contribution in [2.75, 3.05) is 18.1 Å². The zero-order chi connectivity index (χ0) is 15.7. The molecule has 1 fully saturated rings. The molecule has 21 heavy (non-hydrogen) atoms. The molecule has 0 spiro atoms. The molecule has 0 amide bonds. The quantitative estimate of drug-likeness (QED) is 0.812. The summed E-state index contributed by atoms with van der Waals surface area (Å²) in [5, 5.41) is 0.152. The summed E-state index contributed by atoms with van der Waals surface area (Å²) in [6.45, 7) is 2.15. The highest BCUT2D eigenvalue weighted by Crippen LogP contribution is 2.29. The van der Waals surface area contributed by atoms with Gasteiger partial charge in [0.2, 0.25) is 10.0 Å². The van der Waals surface area contributed by atoms with Crippen molar-refractivity contribution < 1.29 is 16.8 Å². The molecule has 1 aliphatic rings. The number of sulfonamides is 1. The van der Waals surface area contributed by atoms with E-state index in [4.69, 9.17) is 11.6 Å². The van der Waals surface area contributed by atoms with Gasteiger partial charge in [-0.25, -0.2) is 16.8 Å². The summed E-state index contributed by atoms with van der Waals surface area (Å²) in [7, 11) is -6.94. The predicted octanol–water partition coefficient (Wildman–Crippen LogP) is 1.93. The number of rotatable bonds is 5.